The molecule has 4 saturated heterocycles. The Kier molecular flexibility index (Phi) is 1.87. The molecule has 0 radical (unpaired) electrons. The van der Waals surface area contributed by atoms with Gasteiger partial charge in [0.25, 0.3) is 5.97 Å². The highest BCUT2D eigenvalue weighted by Crippen LogP contribution is 2.52. The van der Waals surface area contributed by atoms with Crippen molar-refractivity contribution in [1.82, 2.24) is 5.32 Å². The zero-order valence-corrected chi connectivity index (χ0v) is 9.91. The van der Waals surface area contributed by atoms with Gasteiger partial charge in [-0.1, -0.05) is 0 Å². The lowest BCUT2D eigenvalue weighted by atomic mass is 9.78. The Morgan fingerprint density at radius 2 is 1.56 bits per heavy atom. The van der Waals surface area contributed by atoms with Gasteiger partial charge in [0.2, 0.25) is 11.8 Å². The summed E-state index contributed by atoms with van der Waals surface area (Å²) in [5.74, 6) is -2.57. The summed E-state index contributed by atoms with van der Waals surface area (Å²) < 4.78 is 22.2. The summed E-state index contributed by atoms with van der Waals surface area (Å²) in [5.41, 5.74) is 0. The molecule has 5 unspecified atom stereocenters. The molecule has 4 fully saturated rings. The lowest BCUT2D eigenvalue weighted by Crippen LogP contribution is -2.46. The number of hydrogen-bond donors (Lipinski definition) is 1. The fraction of sp³-hybridized carbons (Fsp3) is 0.818. The Morgan fingerprint density at radius 3 is 2.00 bits per heavy atom. The Morgan fingerprint density at radius 1 is 1.06 bits per heavy atom. The Labute approximate surface area is 103 Å². The van der Waals surface area contributed by atoms with E-state index in [2.05, 4.69) is 5.32 Å². The van der Waals surface area contributed by atoms with Crippen LogP contribution in [0.2, 0.25) is 0 Å². The van der Waals surface area contributed by atoms with Crippen molar-refractivity contribution < 1.29 is 28.5 Å². The van der Waals surface area contributed by atoms with Crippen molar-refractivity contribution in [1.29, 1.82) is 0 Å². The molecule has 4 aliphatic rings. The molecule has 0 aromatic heterocycles. The summed E-state index contributed by atoms with van der Waals surface area (Å²) in [6.07, 6.45) is -1.54. The molecule has 4 heterocycles. The number of imide groups is 1. The summed E-state index contributed by atoms with van der Waals surface area (Å²) in [6, 6.07) is 0. The smallest absolute Gasteiger partial charge is 0.280 e. The molecular formula is C11H13NO6. The molecule has 7 atom stereocenters. The van der Waals surface area contributed by atoms with Crippen molar-refractivity contribution in [3.63, 3.8) is 0 Å². The molecule has 2 bridgehead atoms. The maximum absolute atomic E-state index is 11.7. The summed E-state index contributed by atoms with van der Waals surface area (Å²) in [4.78, 5) is 23.5. The van der Waals surface area contributed by atoms with Crippen LogP contribution in [0, 0.1) is 11.8 Å². The van der Waals surface area contributed by atoms with Crippen molar-refractivity contribution in [3.8, 4) is 0 Å². The van der Waals surface area contributed by atoms with E-state index in [4.69, 9.17) is 18.9 Å². The molecule has 7 nitrogen and oxygen atoms in total. The number of rotatable bonds is 1. The van der Waals surface area contributed by atoms with E-state index in [1.54, 1.807) is 6.92 Å². The molecule has 0 aliphatic carbocycles. The molecule has 98 valence electrons. The number of hydrogen-bond acceptors (Lipinski definition) is 6. The third-order valence-electron chi connectivity index (χ3n) is 4.30. The minimum atomic E-state index is -1.12. The lowest BCUT2D eigenvalue weighted by Gasteiger charge is -2.24. The zero-order valence-electron chi connectivity index (χ0n) is 9.91. The first-order valence-corrected chi connectivity index (χ1v) is 5.95. The third-order valence-corrected chi connectivity index (χ3v) is 4.30. The second-order valence-electron chi connectivity index (χ2n) is 5.20. The van der Waals surface area contributed by atoms with Gasteiger partial charge < -0.3 is 18.9 Å². The van der Waals surface area contributed by atoms with Crippen LogP contribution in [0.5, 0.6) is 0 Å². The lowest BCUT2D eigenvalue weighted by molar-refractivity contribution is -0.330. The number of ether oxygens (including phenoxy) is 4. The van der Waals surface area contributed by atoms with Gasteiger partial charge in [-0.05, 0) is 0 Å². The van der Waals surface area contributed by atoms with E-state index in [0.717, 1.165) is 0 Å². The highest BCUT2D eigenvalue weighted by Gasteiger charge is 2.71. The van der Waals surface area contributed by atoms with Crippen LogP contribution in [0.1, 0.15) is 6.92 Å². The van der Waals surface area contributed by atoms with Crippen LogP contribution < -0.4 is 5.32 Å². The van der Waals surface area contributed by atoms with Gasteiger partial charge in [-0.3, -0.25) is 14.9 Å². The maximum Gasteiger partial charge on any atom is 0.280 e. The number of amides is 2. The number of carbonyl (C=O) groups is 2. The predicted molar refractivity (Wildman–Crippen MR) is 54.0 cm³/mol. The first-order chi connectivity index (χ1) is 8.54. The molecule has 1 N–H and O–H groups in total. The Bertz CT molecular complexity index is 417. The van der Waals surface area contributed by atoms with Gasteiger partial charge in [0, 0.05) is 14.0 Å². The second-order valence-corrected chi connectivity index (χ2v) is 5.20. The molecular weight excluding hydrogens is 242 g/mol. The molecule has 18 heavy (non-hydrogen) atoms. The minimum absolute atomic E-state index is 0.273. The molecule has 0 aromatic carbocycles. The highest BCUT2D eigenvalue weighted by molar-refractivity contribution is 6.06. The summed E-state index contributed by atoms with van der Waals surface area (Å²) in [5, 5.41) is 2.34. The normalized spacial score (nSPS) is 56.8. The van der Waals surface area contributed by atoms with E-state index in [-0.39, 0.29) is 24.0 Å². The molecule has 0 spiro atoms. The van der Waals surface area contributed by atoms with E-state index in [1.165, 1.54) is 7.11 Å². The van der Waals surface area contributed by atoms with E-state index in [1.807, 2.05) is 0 Å². The van der Waals surface area contributed by atoms with Crippen LogP contribution in [0.4, 0.5) is 0 Å². The van der Waals surface area contributed by atoms with E-state index in [0.29, 0.717) is 0 Å². The van der Waals surface area contributed by atoms with Gasteiger partial charge in [-0.2, -0.15) is 0 Å². The van der Waals surface area contributed by atoms with E-state index in [9.17, 15) is 9.59 Å². The standard InChI is InChI=1S/C11H13NO6/c1-11(15-2)17-7-5-3-4(10(14)12-9(3)13)6(16-5)8(7)18-11/h3-8H,1-2H3,(H,12,13,14)/t3?,4?,5-,6?,7+,8?,11?/m0/s1. The first kappa shape index (κ1) is 10.9. The minimum Gasteiger partial charge on any atom is -0.368 e. The monoisotopic (exact) mass is 255 g/mol. The second kappa shape index (κ2) is 3.11. The van der Waals surface area contributed by atoms with Crippen LogP contribution in [0.3, 0.4) is 0 Å². The number of nitrogens with one attached hydrogen (secondary N) is 1. The zero-order chi connectivity index (χ0) is 12.7. The van der Waals surface area contributed by atoms with Gasteiger partial charge in [-0.25, -0.2) is 0 Å². The Hall–Kier alpha value is -1.02. The third kappa shape index (κ3) is 1.08. The molecule has 7 heteroatoms. The van der Waals surface area contributed by atoms with Crippen molar-refractivity contribution in [3.05, 3.63) is 0 Å². The first-order valence-electron chi connectivity index (χ1n) is 5.95. The summed E-state index contributed by atoms with van der Waals surface area (Å²) in [7, 11) is 1.49. The fourth-order valence-corrected chi connectivity index (χ4v) is 3.50. The average molecular weight is 255 g/mol. The Balaban J connectivity index is 1.69. The molecule has 0 saturated carbocycles. The number of fused-ring (bicyclic) bond motifs is 8. The van der Waals surface area contributed by atoms with Crippen LogP contribution in [0.15, 0.2) is 0 Å². The van der Waals surface area contributed by atoms with E-state index < -0.39 is 30.0 Å². The molecule has 4 aliphatic heterocycles. The van der Waals surface area contributed by atoms with Crippen LogP contribution in [-0.2, 0) is 28.5 Å². The van der Waals surface area contributed by atoms with Crippen LogP contribution in [-0.4, -0.2) is 49.3 Å². The predicted octanol–water partition coefficient (Wildman–Crippen LogP) is -1.24. The van der Waals surface area contributed by atoms with E-state index >= 15 is 0 Å². The summed E-state index contributed by atoms with van der Waals surface area (Å²) >= 11 is 0. The molecule has 4 rings (SSSR count). The summed E-state index contributed by atoms with van der Waals surface area (Å²) in [6.45, 7) is 1.67. The molecule has 2 amide bonds. The fourth-order valence-electron chi connectivity index (χ4n) is 3.50. The van der Waals surface area contributed by atoms with Crippen molar-refractivity contribution in [2.24, 2.45) is 11.8 Å². The van der Waals surface area contributed by atoms with Crippen molar-refractivity contribution in [2.75, 3.05) is 7.11 Å². The van der Waals surface area contributed by atoms with Crippen molar-refractivity contribution >= 4 is 11.8 Å². The van der Waals surface area contributed by atoms with Gasteiger partial charge in [-0.15, -0.1) is 0 Å². The SMILES string of the molecule is COC1(C)OC2C3O[C@@H](C4C(=O)NC(=O)C34)[C@H]2O1. The van der Waals surface area contributed by atoms with Gasteiger partial charge in [0.1, 0.15) is 12.2 Å². The quantitative estimate of drug-likeness (QED) is 0.590. The van der Waals surface area contributed by atoms with Crippen molar-refractivity contribution in [2.45, 2.75) is 37.3 Å². The van der Waals surface area contributed by atoms with Gasteiger partial charge in [0.15, 0.2) is 0 Å². The highest BCUT2D eigenvalue weighted by atomic mass is 16.9. The van der Waals surface area contributed by atoms with Gasteiger partial charge in [0.05, 0.1) is 24.0 Å². The average Bonchev–Trinajstić information content (AvgIpc) is 2.99. The maximum atomic E-state index is 11.7. The topological polar surface area (TPSA) is 83.1 Å². The largest absolute Gasteiger partial charge is 0.368 e. The van der Waals surface area contributed by atoms with Crippen LogP contribution >= 0.6 is 0 Å². The number of carbonyl (C=O) groups excluding carboxylic acids is 2. The number of methoxy groups -OCH3 is 1. The molecule has 0 aromatic rings. The van der Waals surface area contributed by atoms with Gasteiger partial charge >= 0.3 is 0 Å². The van der Waals surface area contributed by atoms with Crippen LogP contribution in [0.25, 0.3) is 0 Å².